The molecule has 0 saturated heterocycles. The Morgan fingerprint density at radius 3 is 2.14 bits per heavy atom. The Labute approximate surface area is 254 Å². The van der Waals surface area contributed by atoms with Crippen LogP contribution < -0.4 is 10.1 Å². The van der Waals surface area contributed by atoms with Crippen LogP contribution in [-0.4, -0.2) is 42.0 Å². The summed E-state index contributed by atoms with van der Waals surface area (Å²) >= 11 is 0. The summed E-state index contributed by atoms with van der Waals surface area (Å²) in [6, 6.07) is 30.0. The number of nitrogens with zero attached hydrogens (tertiary/aromatic N) is 1. The van der Waals surface area contributed by atoms with Crippen molar-refractivity contribution < 1.29 is 23.1 Å². The summed E-state index contributed by atoms with van der Waals surface area (Å²) in [4.78, 5) is 13.4. The number of amides is 1. The van der Waals surface area contributed by atoms with Gasteiger partial charge in [0.05, 0.1) is 10.9 Å². The van der Waals surface area contributed by atoms with Crippen LogP contribution in [0.2, 0.25) is 0 Å². The molecule has 2 atom stereocenters. The summed E-state index contributed by atoms with van der Waals surface area (Å²) in [5.41, 5.74) is 2.59. The molecule has 2 unspecified atom stereocenters. The Morgan fingerprint density at radius 2 is 1.51 bits per heavy atom. The predicted molar refractivity (Wildman–Crippen MR) is 167 cm³/mol. The van der Waals surface area contributed by atoms with Crippen LogP contribution >= 0.6 is 0 Å². The number of aryl methyl sites for hydroxylation is 1. The molecule has 1 heterocycles. The second-order valence-corrected chi connectivity index (χ2v) is 13.3. The van der Waals surface area contributed by atoms with Gasteiger partial charge in [-0.2, -0.15) is 4.31 Å². The van der Waals surface area contributed by atoms with Crippen LogP contribution in [0.4, 0.5) is 0 Å². The summed E-state index contributed by atoms with van der Waals surface area (Å²) in [7, 11) is -4.11. The Morgan fingerprint density at radius 1 is 0.884 bits per heavy atom. The SMILES string of the molecule is CCc1ccc(S(=O)(=O)N(Cc2ccccc2)C2c3cc(C(=O)NCCc4ccccc4)ccc3OC(C)(C)C2O)cc1. The highest BCUT2D eigenvalue weighted by atomic mass is 32.2. The number of hydrogen-bond acceptors (Lipinski definition) is 5. The number of rotatable bonds is 10. The molecule has 43 heavy (non-hydrogen) atoms. The quantitative estimate of drug-likeness (QED) is 0.245. The molecule has 0 radical (unpaired) electrons. The third-order valence-corrected chi connectivity index (χ3v) is 9.79. The molecule has 8 heteroatoms. The highest BCUT2D eigenvalue weighted by Gasteiger charge is 2.49. The minimum atomic E-state index is -4.11. The highest BCUT2D eigenvalue weighted by molar-refractivity contribution is 7.89. The van der Waals surface area contributed by atoms with E-state index in [1.165, 1.54) is 4.31 Å². The average Bonchev–Trinajstić information content (AvgIpc) is 3.01. The lowest BCUT2D eigenvalue weighted by Crippen LogP contribution is -2.54. The molecule has 0 saturated carbocycles. The molecule has 7 nitrogen and oxygen atoms in total. The fourth-order valence-electron chi connectivity index (χ4n) is 5.42. The van der Waals surface area contributed by atoms with Gasteiger partial charge >= 0.3 is 0 Å². The molecule has 0 aliphatic carbocycles. The topological polar surface area (TPSA) is 95.9 Å². The van der Waals surface area contributed by atoms with Gasteiger partial charge in [-0.25, -0.2) is 8.42 Å². The zero-order valence-electron chi connectivity index (χ0n) is 24.7. The number of fused-ring (bicyclic) bond motifs is 1. The lowest BCUT2D eigenvalue weighted by atomic mass is 9.85. The fourth-order valence-corrected chi connectivity index (χ4v) is 7.01. The molecule has 224 valence electrons. The molecule has 0 bridgehead atoms. The van der Waals surface area contributed by atoms with Crippen LogP contribution in [0.1, 0.15) is 59.4 Å². The normalized spacial score (nSPS) is 17.6. The first-order valence-corrected chi connectivity index (χ1v) is 16.0. The van der Waals surface area contributed by atoms with Crippen molar-refractivity contribution in [1.82, 2.24) is 9.62 Å². The van der Waals surface area contributed by atoms with E-state index in [4.69, 9.17) is 4.74 Å². The van der Waals surface area contributed by atoms with Gasteiger partial charge in [-0.15, -0.1) is 0 Å². The Hall–Kier alpha value is -3.98. The van der Waals surface area contributed by atoms with E-state index in [-0.39, 0.29) is 17.3 Å². The van der Waals surface area contributed by atoms with Crippen LogP contribution in [0.25, 0.3) is 0 Å². The lowest BCUT2D eigenvalue weighted by Gasteiger charge is -2.45. The Balaban J connectivity index is 1.54. The minimum absolute atomic E-state index is 0.0173. The molecule has 4 aromatic rings. The van der Waals surface area contributed by atoms with Gasteiger partial charge in [-0.1, -0.05) is 79.7 Å². The van der Waals surface area contributed by atoms with Gasteiger partial charge in [-0.3, -0.25) is 4.79 Å². The second kappa shape index (κ2) is 12.7. The summed E-state index contributed by atoms with van der Waals surface area (Å²) in [6.45, 7) is 5.95. The zero-order chi connectivity index (χ0) is 30.6. The number of hydrogen-bond donors (Lipinski definition) is 2. The molecule has 1 aliphatic heterocycles. The van der Waals surface area contributed by atoms with E-state index >= 15 is 0 Å². The number of aliphatic hydroxyl groups excluding tert-OH is 1. The first-order valence-electron chi connectivity index (χ1n) is 14.6. The van der Waals surface area contributed by atoms with E-state index in [0.717, 1.165) is 23.1 Å². The van der Waals surface area contributed by atoms with Gasteiger partial charge in [0.2, 0.25) is 10.0 Å². The number of ether oxygens (including phenoxy) is 1. The number of carbonyl (C=O) groups excluding carboxylic acids is 1. The molecule has 0 spiro atoms. The molecule has 4 aromatic carbocycles. The number of sulfonamides is 1. The first-order chi connectivity index (χ1) is 20.6. The maximum Gasteiger partial charge on any atom is 0.251 e. The van der Waals surface area contributed by atoms with Crippen molar-refractivity contribution in [1.29, 1.82) is 0 Å². The minimum Gasteiger partial charge on any atom is -0.485 e. The smallest absolute Gasteiger partial charge is 0.251 e. The van der Waals surface area contributed by atoms with Crippen LogP contribution in [0.3, 0.4) is 0 Å². The standard InChI is InChI=1S/C35H38N2O5S/c1-4-25-15-18-29(19-16-25)43(40,41)37(24-27-13-9-6-10-14-27)32-30-23-28(17-20-31(30)42-35(2,3)33(32)38)34(39)36-22-21-26-11-7-5-8-12-26/h5-20,23,32-33,38H,4,21-22,24H2,1-3H3,(H,36,39). The van der Waals surface area contributed by atoms with Gasteiger partial charge in [0.25, 0.3) is 5.91 Å². The molecule has 2 N–H and O–H groups in total. The number of aliphatic hydroxyl groups is 1. The maximum atomic E-state index is 14.4. The molecule has 0 fully saturated rings. The van der Waals surface area contributed by atoms with Crippen LogP contribution in [-0.2, 0) is 29.4 Å². The largest absolute Gasteiger partial charge is 0.485 e. The number of carbonyl (C=O) groups is 1. The van der Waals surface area contributed by atoms with Crippen molar-refractivity contribution in [2.24, 2.45) is 0 Å². The fraction of sp³-hybridized carbons (Fsp3) is 0.286. The second-order valence-electron chi connectivity index (χ2n) is 11.4. The molecular formula is C35H38N2O5S. The number of benzene rings is 4. The number of nitrogens with one attached hydrogen (secondary N) is 1. The monoisotopic (exact) mass is 598 g/mol. The van der Waals surface area contributed by atoms with E-state index in [2.05, 4.69) is 5.32 Å². The lowest BCUT2D eigenvalue weighted by molar-refractivity contribution is -0.0802. The molecule has 0 aromatic heterocycles. The first kappa shape index (κ1) is 30.5. The van der Waals surface area contributed by atoms with Gasteiger partial charge in [-0.05, 0) is 73.7 Å². The van der Waals surface area contributed by atoms with Gasteiger partial charge in [0.1, 0.15) is 17.5 Å². The van der Waals surface area contributed by atoms with Crippen molar-refractivity contribution in [3.63, 3.8) is 0 Å². The summed E-state index contributed by atoms with van der Waals surface area (Å²) in [6.07, 6.45) is 0.227. The van der Waals surface area contributed by atoms with Crippen molar-refractivity contribution in [3.8, 4) is 5.75 Å². The van der Waals surface area contributed by atoms with E-state index < -0.39 is 27.8 Å². The summed E-state index contributed by atoms with van der Waals surface area (Å²) in [5, 5.41) is 14.7. The maximum absolute atomic E-state index is 14.4. The van der Waals surface area contributed by atoms with E-state index in [0.29, 0.717) is 29.8 Å². The van der Waals surface area contributed by atoms with Crippen LogP contribution in [0.5, 0.6) is 5.75 Å². The van der Waals surface area contributed by atoms with Gasteiger partial charge in [0, 0.05) is 24.2 Å². The van der Waals surface area contributed by atoms with Gasteiger partial charge < -0.3 is 15.2 Å². The van der Waals surface area contributed by atoms with Crippen molar-refractivity contribution in [3.05, 3.63) is 131 Å². The molecular weight excluding hydrogens is 560 g/mol. The van der Waals surface area contributed by atoms with Crippen LogP contribution in [0, 0.1) is 0 Å². The highest BCUT2D eigenvalue weighted by Crippen LogP contribution is 2.45. The Kier molecular flexibility index (Phi) is 9.01. The zero-order valence-corrected chi connectivity index (χ0v) is 25.6. The van der Waals surface area contributed by atoms with Crippen molar-refractivity contribution in [2.45, 2.75) is 62.8 Å². The third-order valence-electron chi connectivity index (χ3n) is 7.95. The Bertz CT molecular complexity index is 1660. The van der Waals surface area contributed by atoms with E-state index in [1.807, 2.05) is 79.7 Å². The molecule has 1 amide bonds. The van der Waals surface area contributed by atoms with E-state index in [1.54, 1.807) is 44.2 Å². The van der Waals surface area contributed by atoms with E-state index in [9.17, 15) is 18.3 Å². The van der Waals surface area contributed by atoms with Crippen molar-refractivity contribution in [2.75, 3.05) is 6.54 Å². The average molecular weight is 599 g/mol. The predicted octanol–water partition coefficient (Wildman–Crippen LogP) is 5.69. The molecule has 1 aliphatic rings. The van der Waals surface area contributed by atoms with Gasteiger partial charge in [0.15, 0.2) is 0 Å². The summed E-state index contributed by atoms with van der Waals surface area (Å²) < 4.78 is 36.3. The summed E-state index contributed by atoms with van der Waals surface area (Å²) in [5.74, 6) is 0.139. The third kappa shape index (κ3) is 6.67. The van der Waals surface area contributed by atoms with Crippen molar-refractivity contribution >= 4 is 15.9 Å². The molecule has 5 rings (SSSR count). The van der Waals surface area contributed by atoms with Crippen LogP contribution in [0.15, 0.2) is 108 Å².